The van der Waals surface area contributed by atoms with Crippen LogP contribution in [0.15, 0.2) is 0 Å². The first kappa shape index (κ1) is 15.2. The summed E-state index contributed by atoms with van der Waals surface area (Å²) in [6.45, 7) is 0.443. The summed E-state index contributed by atoms with van der Waals surface area (Å²) in [6.07, 6.45) is 3.17. The van der Waals surface area contributed by atoms with E-state index >= 15 is 0 Å². The molecule has 0 aromatic heterocycles. The van der Waals surface area contributed by atoms with E-state index in [0.29, 0.717) is 19.4 Å². The van der Waals surface area contributed by atoms with Crippen LogP contribution in [0.5, 0.6) is 0 Å². The Labute approximate surface area is 100 Å². The van der Waals surface area contributed by atoms with Gasteiger partial charge in [0.25, 0.3) is 0 Å². The predicted molar refractivity (Wildman–Crippen MR) is 65.5 cm³/mol. The lowest BCUT2D eigenvalue weighted by Crippen LogP contribution is -2.42. The van der Waals surface area contributed by atoms with Gasteiger partial charge in [-0.25, -0.2) is 0 Å². The molecule has 5 nitrogen and oxygen atoms in total. The molecule has 0 heterocycles. The number of hydrogen-bond donors (Lipinski definition) is 2. The molecule has 0 bridgehead atoms. The van der Waals surface area contributed by atoms with Gasteiger partial charge in [0.2, 0.25) is 5.91 Å². The van der Waals surface area contributed by atoms with E-state index in [1.807, 2.05) is 6.26 Å². The average molecular weight is 248 g/mol. The van der Waals surface area contributed by atoms with Crippen molar-refractivity contribution in [2.45, 2.75) is 25.3 Å². The van der Waals surface area contributed by atoms with Gasteiger partial charge in [-0.1, -0.05) is 0 Å². The maximum absolute atomic E-state index is 11.7. The number of thioether (sulfide) groups is 1. The maximum Gasteiger partial charge on any atom is 0.303 e. The average Bonchev–Trinajstić information content (AvgIpc) is 2.24. The molecule has 94 valence electrons. The van der Waals surface area contributed by atoms with Crippen LogP contribution < -0.4 is 5.73 Å². The first-order chi connectivity index (χ1) is 7.49. The van der Waals surface area contributed by atoms with Crippen LogP contribution >= 0.6 is 11.8 Å². The van der Waals surface area contributed by atoms with Crippen molar-refractivity contribution >= 4 is 23.6 Å². The highest BCUT2D eigenvalue weighted by molar-refractivity contribution is 7.98. The normalized spacial score (nSPS) is 12.2. The molecule has 1 amide bonds. The van der Waals surface area contributed by atoms with Crippen LogP contribution in [0.4, 0.5) is 0 Å². The molecular weight excluding hydrogens is 228 g/mol. The van der Waals surface area contributed by atoms with E-state index in [1.54, 1.807) is 18.8 Å². The van der Waals surface area contributed by atoms with Gasteiger partial charge in [0, 0.05) is 20.0 Å². The summed E-state index contributed by atoms with van der Waals surface area (Å²) in [7, 11) is 1.66. The highest BCUT2D eigenvalue weighted by atomic mass is 32.2. The van der Waals surface area contributed by atoms with Gasteiger partial charge in [-0.15, -0.1) is 0 Å². The van der Waals surface area contributed by atoms with Gasteiger partial charge in [0.05, 0.1) is 6.04 Å². The van der Waals surface area contributed by atoms with Crippen LogP contribution in [-0.4, -0.2) is 53.5 Å². The summed E-state index contributed by atoms with van der Waals surface area (Å²) in [6, 6.07) is -0.470. The largest absolute Gasteiger partial charge is 0.481 e. The van der Waals surface area contributed by atoms with Crippen LogP contribution in [0, 0.1) is 0 Å². The summed E-state index contributed by atoms with van der Waals surface area (Å²) < 4.78 is 0. The third-order valence-electron chi connectivity index (χ3n) is 2.21. The number of carbonyl (C=O) groups is 2. The molecule has 6 heteroatoms. The van der Waals surface area contributed by atoms with Crippen molar-refractivity contribution in [1.82, 2.24) is 4.90 Å². The van der Waals surface area contributed by atoms with Crippen molar-refractivity contribution in [3.63, 3.8) is 0 Å². The lowest BCUT2D eigenvalue weighted by atomic mass is 10.2. The number of carbonyl (C=O) groups excluding carboxylic acids is 1. The summed E-state index contributed by atoms with van der Waals surface area (Å²) in [5.74, 6) is -0.0949. The van der Waals surface area contributed by atoms with Gasteiger partial charge in [0.1, 0.15) is 0 Å². The quantitative estimate of drug-likeness (QED) is 0.649. The zero-order valence-electron chi connectivity index (χ0n) is 9.81. The smallest absolute Gasteiger partial charge is 0.303 e. The van der Waals surface area contributed by atoms with E-state index in [1.165, 1.54) is 4.90 Å². The first-order valence-electron chi connectivity index (χ1n) is 5.20. The van der Waals surface area contributed by atoms with Gasteiger partial charge in [-0.2, -0.15) is 11.8 Å². The van der Waals surface area contributed by atoms with Crippen LogP contribution in [0.2, 0.25) is 0 Å². The number of carboxylic acids is 1. The summed E-state index contributed by atoms with van der Waals surface area (Å²) in [4.78, 5) is 23.5. The minimum Gasteiger partial charge on any atom is -0.481 e. The van der Waals surface area contributed by atoms with Crippen molar-refractivity contribution in [1.29, 1.82) is 0 Å². The topological polar surface area (TPSA) is 83.6 Å². The fraction of sp³-hybridized carbons (Fsp3) is 0.800. The number of carboxylic acid groups (broad SMARTS) is 1. The Kier molecular flexibility index (Phi) is 8.01. The van der Waals surface area contributed by atoms with Gasteiger partial charge < -0.3 is 15.7 Å². The number of aliphatic carboxylic acids is 1. The van der Waals surface area contributed by atoms with E-state index in [-0.39, 0.29) is 12.3 Å². The number of nitrogens with zero attached hydrogens (tertiary/aromatic N) is 1. The minimum absolute atomic E-state index is 0.0810. The number of rotatable bonds is 8. The Morgan fingerprint density at radius 1 is 1.50 bits per heavy atom. The van der Waals surface area contributed by atoms with Crippen molar-refractivity contribution < 1.29 is 14.7 Å². The van der Waals surface area contributed by atoms with E-state index in [2.05, 4.69) is 0 Å². The molecule has 0 unspecified atom stereocenters. The van der Waals surface area contributed by atoms with Crippen molar-refractivity contribution in [2.75, 3.05) is 25.6 Å². The molecule has 0 saturated heterocycles. The second-order valence-electron chi connectivity index (χ2n) is 3.65. The molecule has 0 spiro atoms. The standard InChI is InChI=1S/C10H20N2O3S/c1-12(6-3-4-9(13)14)10(15)8(11)5-7-16-2/h8H,3-7,11H2,1-2H3,(H,13,14)/t8-/m0/s1. The monoisotopic (exact) mass is 248 g/mol. The second-order valence-corrected chi connectivity index (χ2v) is 4.63. The Bertz CT molecular complexity index is 236. The predicted octanol–water partition coefficient (Wildman–Crippen LogP) is 0.390. The molecular formula is C10H20N2O3S. The molecule has 0 aliphatic rings. The third-order valence-corrected chi connectivity index (χ3v) is 2.85. The molecule has 16 heavy (non-hydrogen) atoms. The Hall–Kier alpha value is -0.750. The molecule has 0 fully saturated rings. The Morgan fingerprint density at radius 2 is 2.12 bits per heavy atom. The Morgan fingerprint density at radius 3 is 2.62 bits per heavy atom. The minimum atomic E-state index is -0.840. The summed E-state index contributed by atoms with van der Waals surface area (Å²) in [5.41, 5.74) is 5.71. The fourth-order valence-corrected chi connectivity index (χ4v) is 1.72. The molecule has 0 aliphatic carbocycles. The van der Waals surface area contributed by atoms with Crippen LogP contribution in [0.25, 0.3) is 0 Å². The summed E-state index contributed by atoms with van der Waals surface area (Å²) in [5, 5.41) is 8.46. The SMILES string of the molecule is CSCC[C@H](N)C(=O)N(C)CCCC(=O)O. The van der Waals surface area contributed by atoms with E-state index in [4.69, 9.17) is 10.8 Å². The molecule has 1 atom stereocenters. The first-order valence-corrected chi connectivity index (χ1v) is 6.59. The molecule has 0 aromatic carbocycles. The van der Waals surface area contributed by atoms with Gasteiger partial charge in [-0.05, 0) is 24.9 Å². The molecule has 0 radical (unpaired) electrons. The Balaban J connectivity index is 3.83. The number of amides is 1. The van der Waals surface area contributed by atoms with Gasteiger partial charge in [-0.3, -0.25) is 9.59 Å². The van der Waals surface area contributed by atoms with Crippen LogP contribution in [-0.2, 0) is 9.59 Å². The summed E-state index contributed by atoms with van der Waals surface area (Å²) >= 11 is 1.65. The van der Waals surface area contributed by atoms with Crippen molar-refractivity contribution in [3.8, 4) is 0 Å². The van der Waals surface area contributed by atoms with Gasteiger partial charge >= 0.3 is 5.97 Å². The number of likely N-dealkylation sites (N-methyl/N-ethyl adjacent to an activating group) is 1. The van der Waals surface area contributed by atoms with E-state index in [9.17, 15) is 9.59 Å². The fourth-order valence-electron chi connectivity index (χ4n) is 1.23. The van der Waals surface area contributed by atoms with E-state index in [0.717, 1.165) is 5.75 Å². The number of nitrogens with two attached hydrogens (primary N) is 1. The van der Waals surface area contributed by atoms with Crippen molar-refractivity contribution in [2.24, 2.45) is 5.73 Å². The molecule has 0 aromatic rings. The highest BCUT2D eigenvalue weighted by Crippen LogP contribution is 2.02. The third kappa shape index (κ3) is 6.68. The van der Waals surface area contributed by atoms with Gasteiger partial charge in [0.15, 0.2) is 0 Å². The molecule has 3 N–H and O–H groups in total. The maximum atomic E-state index is 11.7. The van der Waals surface area contributed by atoms with Crippen LogP contribution in [0.1, 0.15) is 19.3 Å². The lowest BCUT2D eigenvalue weighted by Gasteiger charge is -2.20. The van der Waals surface area contributed by atoms with E-state index < -0.39 is 12.0 Å². The highest BCUT2D eigenvalue weighted by Gasteiger charge is 2.17. The number of hydrogen-bond acceptors (Lipinski definition) is 4. The molecule has 0 rings (SSSR count). The molecule has 0 saturated carbocycles. The second kappa shape index (κ2) is 8.41. The molecule has 0 aliphatic heterocycles. The van der Waals surface area contributed by atoms with Crippen molar-refractivity contribution in [3.05, 3.63) is 0 Å². The zero-order chi connectivity index (χ0) is 12.6. The van der Waals surface area contributed by atoms with Crippen LogP contribution in [0.3, 0.4) is 0 Å². The zero-order valence-corrected chi connectivity index (χ0v) is 10.6. The lowest BCUT2D eigenvalue weighted by molar-refractivity contribution is -0.138.